The lowest BCUT2D eigenvalue weighted by Crippen LogP contribution is -2.21. The number of nitrogens with zero attached hydrogens (tertiary/aromatic N) is 1. The first-order chi connectivity index (χ1) is 10.6. The van der Waals surface area contributed by atoms with E-state index in [0.29, 0.717) is 6.07 Å². The average molecular weight is 348 g/mol. The minimum Gasteiger partial charge on any atom is -0.480 e. The average Bonchev–Trinajstić information content (AvgIpc) is 2.44. The fourth-order valence-electron chi connectivity index (χ4n) is 1.41. The Morgan fingerprint density at radius 1 is 1.39 bits per heavy atom. The number of nitriles is 1. The van der Waals surface area contributed by atoms with Crippen molar-refractivity contribution in [3.63, 3.8) is 0 Å². The lowest BCUT2D eigenvalue weighted by atomic mass is 10.2. The lowest BCUT2D eigenvalue weighted by Gasteiger charge is -2.11. The number of alkyl halides is 3. The summed E-state index contributed by atoms with van der Waals surface area (Å²) in [5, 5.41) is 21.0. The van der Waals surface area contributed by atoms with Gasteiger partial charge in [0.25, 0.3) is 5.91 Å². The topological polar surface area (TPSA) is 102 Å². The molecule has 122 valence electrons. The highest BCUT2D eigenvalue weighted by molar-refractivity contribution is 6.31. The number of hydrogen-bond donors (Lipinski definition) is 3. The van der Waals surface area contributed by atoms with Crippen LogP contribution in [-0.4, -0.2) is 23.5 Å². The molecule has 1 aromatic rings. The van der Waals surface area contributed by atoms with Crippen molar-refractivity contribution < 1.29 is 27.9 Å². The molecule has 0 saturated heterocycles. The van der Waals surface area contributed by atoms with Crippen LogP contribution in [0.25, 0.3) is 0 Å². The van der Waals surface area contributed by atoms with E-state index >= 15 is 0 Å². The van der Waals surface area contributed by atoms with E-state index in [9.17, 15) is 22.8 Å². The second-order valence-corrected chi connectivity index (χ2v) is 4.50. The molecule has 0 aromatic heterocycles. The Kier molecular flexibility index (Phi) is 5.98. The Hall–Kier alpha value is -2.73. The number of carbonyl (C=O) groups is 2. The van der Waals surface area contributed by atoms with Gasteiger partial charge in [0.2, 0.25) is 0 Å². The maximum atomic E-state index is 12.7. The fraction of sp³-hybridized carbons (Fsp3) is 0.154. The zero-order valence-corrected chi connectivity index (χ0v) is 12.0. The van der Waals surface area contributed by atoms with Crippen molar-refractivity contribution in [3.8, 4) is 6.07 Å². The highest BCUT2D eigenvalue weighted by Gasteiger charge is 2.33. The maximum Gasteiger partial charge on any atom is 0.417 e. The van der Waals surface area contributed by atoms with Crippen LogP contribution in [0.2, 0.25) is 5.02 Å². The Labute approximate surface area is 133 Å². The molecule has 0 bridgehead atoms. The molecule has 23 heavy (non-hydrogen) atoms. The number of anilines is 1. The van der Waals surface area contributed by atoms with Gasteiger partial charge < -0.3 is 15.7 Å². The second kappa shape index (κ2) is 7.51. The first kappa shape index (κ1) is 18.3. The number of carbonyl (C=O) groups excluding carboxylic acids is 1. The van der Waals surface area contributed by atoms with Crippen molar-refractivity contribution in [2.24, 2.45) is 0 Å². The zero-order valence-electron chi connectivity index (χ0n) is 11.2. The van der Waals surface area contributed by atoms with E-state index in [4.69, 9.17) is 22.0 Å². The highest BCUT2D eigenvalue weighted by Crippen LogP contribution is 2.36. The van der Waals surface area contributed by atoms with Gasteiger partial charge in [0.1, 0.15) is 18.2 Å². The maximum absolute atomic E-state index is 12.7. The monoisotopic (exact) mass is 347 g/mol. The number of hydrogen-bond acceptors (Lipinski definition) is 4. The quantitative estimate of drug-likeness (QED) is 0.560. The van der Waals surface area contributed by atoms with E-state index in [-0.39, 0.29) is 5.69 Å². The molecule has 10 heteroatoms. The summed E-state index contributed by atoms with van der Waals surface area (Å²) in [6.07, 6.45) is -3.85. The van der Waals surface area contributed by atoms with Gasteiger partial charge in [0, 0.05) is 11.9 Å². The van der Waals surface area contributed by atoms with Gasteiger partial charge in [-0.3, -0.25) is 9.59 Å². The molecule has 0 radical (unpaired) electrons. The van der Waals surface area contributed by atoms with Crippen LogP contribution in [0.1, 0.15) is 5.56 Å². The number of amides is 1. The van der Waals surface area contributed by atoms with E-state index in [1.165, 1.54) is 6.07 Å². The van der Waals surface area contributed by atoms with E-state index < -0.39 is 40.8 Å². The smallest absolute Gasteiger partial charge is 0.417 e. The summed E-state index contributed by atoms with van der Waals surface area (Å²) in [4.78, 5) is 22.1. The van der Waals surface area contributed by atoms with Crippen molar-refractivity contribution in [2.45, 2.75) is 6.18 Å². The molecule has 0 spiro atoms. The predicted molar refractivity (Wildman–Crippen MR) is 74.4 cm³/mol. The first-order valence-corrected chi connectivity index (χ1v) is 6.26. The number of halogens is 4. The molecular formula is C13H9ClF3N3O3. The SMILES string of the molecule is N#C/C(=C/NCC(=O)O)C(=O)Nc1ccc(Cl)c(C(F)(F)F)c1. The van der Waals surface area contributed by atoms with Crippen molar-refractivity contribution in [1.82, 2.24) is 5.32 Å². The van der Waals surface area contributed by atoms with Gasteiger partial charge in [-0.2, -0.15) is 18.4 Å². The minimum absolute atomic E-state index is 0.217. The summed E-state index contributed by atoms with van der Waals surface area (Å²) in [6.45, 7) is -0.530. The molecular weight excluding hydrogens is 339 g/mol. The first-order valence-electron chi connectivity index (χ1n) is 5.88. The Balaban J connectivity index is 2.92. The summed E-state index contributed by atoms with van der Waals surface area (Å²) >= 11 is 5.44. The molecule has 1 aromatic carbocycles. The van der Waals surface area contributed by atoms with Crippen LogP contribution >= 0.6 is 11.6 Å². The van der Waals surface area contributed by atoms with Crippen LogP contribution in [0.15, 0.2) is 30.0 Å². The normalized spacial score (nSPS) is 11.5. The van der Waals surface area contributed by atoms with E-state index in [1.807, 2.05) is 0 Å². The van der Waals surface area contributed by atoms with Gasteiger partial charge in [0.15, 0.2) is 0 Å². The Bertz CT molecular complexity index is 696. The van der Waals surface area contributed by atoms with Crippen LogP contribution < -0.4 is 10.6 Å². The molecule has 0 aliphatic heterocycles. The predicted octanol–water partition coefficient (Wildman–Crippen LogP) is 2.38. The molecule has 0 saturated carbocycles. The lowest BCUT2D eigenvalue weighted by molar-refractivity contribution is -0.137. The van der Waals surface area contributed by atoms with E-state index in [2.05, 4.69) is 10.6 Å². The number of carboxylic acid groups (broad SMARTS) is 1. The third kappa shape index (κ3) is 5.52. The number of benzene rings is 1. The molecule has 0 atom stereocenters. The van der Waals surface area contributed by atoms with Crippen molar-refractivity contribution in [3.05, 3.63) is 40.6 Å². The highest BCUT2D eigenvalue weighted by atomic mass is 35.5. The number of nitrogens with one attached hydrogen (secondary N) is 2. The number of rotatable bonds is 5. The molecule has 6 nitrogen and oxygen atoms in total. The van der Waals surface area contributed by atoms with Gasteiger partial charge in [-0.05, 0) is 18.2 Å². The summed E-state index contributed by atoms with van der Waals surface area (Å²) in [5.41, 5.74) is -1.86. The van der Waals surface area contributed by atoms with Gasteiger partial charge in [0.05, 0.1) is 10.6 Å². The molecule has 0 aliphatic carbocycles. The zero-order chi connectivity index (χ0) is 17.6. The van der Waals surface area contributed by atoms with E-state index in [1.54, 1.807) is 0 Å². The van der Waals surface area contributed by atoms with Crippen LogP contribution in [-0.2, 0) is 15.8 Å². The standard InChI is InChI=1S/C13H9ClF3N3O3/c14-10-2-1-8(3-9(10)13(15,16)17)20-12(23)7(4-18)5-19-6-11(21)22/h1-3,5,19H,6H2,(H,20,23)(H,21,22)/b7-5-. The molecule has 1 amide bonds. The molecule has 3 N–H and O–H groups in total. The van der Waals surface area contributed by atoms with E-state index in [0.717, 1.165) is 18.3 Å². The number of aliphatic carboxylic acids is 1. The fourth-order valence-corrected chi connectivity index (χ4v) is 1.63. The largest absolute Gasteiger partial charge is 0.480 e. The molecule has 0 heterocycles. The summed E-state index contributed by atoms with van der Waals surface area (Å²) in [7, 11) is 0. The molecule has 1 rings (SSSR count). The summed E-state index contributed by atoms with van der Waals surface area (Å²) in [5.74, 6) is -2.22. The van der Waals surface area contributed by atoms with Crippen molar-refractivity contribution >= 4 is 29.2 Å². The van der Waals surface area contributed by atoms with Crippen LogP contribution in [0.4, 0.5) is 18.9 Å². The van der Waals surface area contributed by atoms with Crippen LogP contribution in [0.5, 0.6) is 0 Å². The molecule has 0 fully saturated rings. The minimum atomic E-state index is -4.70. The van der Waals surface area contributed by atoms with Crippen molar-refractivity contribution in [1.29, 1.82) is 5.26 Å². The van der Waals surface area contributed by atoms with Gasteiger partial charge in [-0.25, -0.2) is 0 Å². The Morgan fingerprint density at radius 3 is 2.57 bits per heavy atom. The summed E-state index contributed by atoms with van der Waals surface area (Å²) in [6, 6.07) is 4.21. The van der Waals surface area contributed by atoms with Gasteiger partial charge in [-0.1, -0.05) is 11.6 Å². The van der Waals surface area contributed by atoms with Gasteiger partial charge in [-0.15, -0.1) is 0 Å². The third-order valence-electron chi connectivity index (χ3n) is 2.39. The van der Waals surface area contributed by atoms with Crippen molar-refractivity contribution in [2.75, 3.05) is 11.9 Å². The third-order valence-corrected chi connectivity index (χ3v) is 2.72. The second-order valence-electron chi connectivity index (χ2n) is 4.09. The summed E-state index contributed by atoms with van der Waals surface area (Å²) < 4.78 is 38.1. The Morgan fingerprint density at radius 2 is 2.04 bits per heavy atom. The van der Waals surface area contributed by atoms with Crippen LogP contribution in [0.3, 0.4) is 0 Å². The van der Waals surface area contributed by atoms with Gasteiger partial charge >= 0.3 is 12.1 Å². The number of carboxylic acids is 1. The molecule has 0 unspecified atom stereocenters. The molecule has 0 aliphatic rings. The van der Waals surface area contributed by atoms with Crippen LogP contribution in [0, 0.1) is 11.3 Å².